The smallest absolute Gasteiger partial charge is 0.318 e. The summed E-state index contributed by atoms with van der Waals surface area (Å²) in [6.45, 7) is 2.63. The fraction of sp³-hybridized carbons (Fsp3) is 0.600. The Balaban J connectivity index is 1.58. The number of carbonyl (C=O) groups excluding carboxylic acids is 2. The molecule has 2 aliphatic rings. The van der Waals surface area contributed by atoms with Gasteiger partial charge in [-0.3, -0.25) is 4.79 Å². The molecule has 1 aliphatic heterocycles. The van der Waals surface area contributed by atoms with Gasteiger partial charge in [0.2, 0.25) is 5.91 Å². The van der Waals surface area contributed by atoms with Crippen molar-refractivity contribution in [2.75, 3.05) is 6.54 Å². The molecule has 2 atom stereocenters. The molecule has 2 fully saturated rings. The summed E-state index contributed by atoms with van der Waals surface area (Å²) in [5.41, 5.74) is 0. The minimum atomic E-state index is -0.305. The predicted octanol–water partition coefficient (Wildman–Crippen LogP) is 2.26. The summed E-state index contributed by atoms with van der Waals surface area (Å²) < 4.78 is 0. The highest BCUT2D eigenvalue weighted by Crippen LogP contribution is 2.23. The van der Waals surface area contributed by atoms with Gasteiger partial charge < -0.3 is 15.5 Å². The number of hydrogen-bond donors (Lipinski definition) is 2. The lowest BCUT2D eigenvalue weighted by atomic mass is 10.2. The van der Waals surface area contributed by atoms with Crippen molar-refractivity contribution in [3.63, 3.8) is 0 Å². The summed E-state index contributed by atoms with van der Waals surface area (Å²) >= 11 is 1.63. The van der Waals surface area contributed by atoms with E-state index in [-0.39, 0.29) is 24.0 Å². The number of urea groups is 1. The summed E-state index contributed by atoms with van der Waals surface area (Å²) in [5.74, 6) is 0.00827. The van der Waals surface area contributed by atoms with Crippen molar-refractivity contribution in [3.05, 3.63) is 22.4 Å². The van der Waals surface area contributed by atoms with Crippen LogP contribution in [0.15, 0.2) is 17.5 Å². The molecule has 21 heavy (non-hydrogen) atoms. The van der Waals surface area contributed by atoms with Gasteiger partial charge in [-0.05, 0) is 44.1 Å². The minimum Gasteiger partial charge on any atom is -0.352 e. The predicted molar refractivity (Wildman–Crippen MR) is 82.2 cm³/mol. The summed E-state index contributed by atoms with van der Waals surface area (Å²) in [6, 6.07) is 3.87. The van der Waals surface area contributed by atoms with Crippen LogP contribution < -0.4 is 10.6 Å². The molecule has 0 radical (unpaired) electrons. The topological polar surface area (TPSA) is 61.4 Å². The van der Waals surface area contributed by atoms with Gasteiger partial charge in [0.05, 0.1) is 6.04 Å². The van der Waals surface area contributed by atoms with Gasteiger partial charge in [0.1, 0.15) is 6.04 Å². The Kier molecular flexibility index (Phi) is 4.14. The van der Waals surface area contributed by atoms with E-state index in [1.807, 2.05) is 24.4 Å². The van der Waals surface area contributed by atoms with Gasteiger partial charge in [-0.2, -0.15) is 0 Å². The van der Waals surface area contributed by atoms with Crippen LogP contribution in [-0.4, -0.2) is 35.5 Å². The molecule has 1 aromatic heterocycles. The van der Waals surface area contributed by atoms with E-state index in [0.717, 1.165) is 30.6 Å². The molecular formula is C15H21N3O2S. The molecule has 2 unspecified atom stereocenters. The zero-order valence-corrected chi connectivity index (χ0v) is 13.0. The molecule has 2 N–H and O–H groups in total. The lowest BCUT2D eigenvalue weighted by Gasteiger charge is -2.26. The fourth-order valence-electron chi connectivity index (χ4n) is 2.68. The van der Waals surface area contributed by atoms with Crippen molar-refractivity contribution in [2.45, 2.75) is 50.7 Å². The number of nitrogens with one attached hydrogen (secondary N) is 2. The molecule has 1 aromatic rings. The molecule has 0 aromatic carbocycles. The number of amides is 3. The van der Waals surface area contributed by atoms with Crippen LogP contribution in [0, 0.1) is 0 Å². The van der Waals surface area contributed by atoms with E-state index in [4.69, 9.17) is 0 Å². The van der Waals surface area contributed by atoms with E-state index in [0.29, 0.717) is 12.6 Å². The van der Waals surface area contributed by atoms with Crippen molar-refractivity contribution in [2.24, 2.45) is 0 Å². The van der Waals surface area contributed by atoms with Crippen LogP contribution in [0.4, 0.5) is 4.79 Å². The van der Waals surface area contributed by atoms with E-state index in [9.17, 15) is 9.59 Å². The molecular weight excluding hydrogens is 286 g/mol. The number of likely N-dealkylation sites (tertiary alicyclic amines) is 1. The first-order chi connectivity index (χ1) is 10.1. The average molecular weight is 307 g/mol. The third kappa shape index (κ3) is 3.37. The normalized spacial score (nSPS) is 22.9. The van der Waals surface area contributed by atoms with E-state index < -0.39 is 0 Å². The van der Waals surface area contributed by atoms with Crippen molar-refractivity contribution >= 4 is 23.3 Å². The SMILES string of the molecule is CC(NC(=O)N1CCCC1C(=O)NC1CC1)c1cccs1. The second-order valence-electron chi connectivity index (χ2n) is 5.82. The lowest BCUT2D eigenvalue weighted by Crippen LogP contribution is -2.50. The van der Waals surface area contributed by atoms with Crippen LogP contribution in [0.25, 0.3) is 0 Å². The zero-order valence-electron chi connectivity index (χ0n) is 12.2. The summed E-state index contributed by atoms with van der Waals surface area (Å²) in [5, 5.41) is 8.00. The summed E-state index contributed by atoms with van der Waals surface area (Å²) in [7, 11) is 0. The first-order valence-electron chi connectivity index (χ1n) is 7.56. The first-order valence-corrected chi connectivity index (χ1v) is 8.44. The maximum absolute atomic E-state index is 12.4. The van der Waals surface area contributed by atoms with Crippen LogP contribution in [0.3, 0.4) is 0 Å². The number of nitrogens with zero attached hydrogens (tertiary/aromatic N) is 1. The average Bonchev–Trinajstić information content (AvgIpc) is 3.00. The highest BCUT2D eigenvalue weighted by atomic mass is 32.1. The van der Waals surface area contributed by atoms with Gasteiger partial charge in [-0.15, -0.1) is 11.3 Å². The molecule has 2 heterocycles. The molecule has 1 saturated carbocycles. The van der Waals surface area contributed by atoms with Crippen LogP contribution in [0.1, 0.15) is 43.5 Å². The van der Waals surface area contributed by atoms with E-state index in [1.165, 1.54) is 0 Å². The largest absolute Gasteiger partial charge is 0.352 e. The van der Waals surface area contributed by atoms with Crippen molar-refractivity contribution in [3.8, 4) is 0 Å². The second kappa shape index (κ2) is 6.05. The Bertz CT molecular complexity index is 513. The van der Waals surface area contributed by atoms with Crippen LogP contribution in [-0.2, 0) is 4.79 Å². The highest BCUT2D eigenvalue weighted by Gasteiger charge is 2.36. The monoisotopic (exact) mass is 307 g/mol. The minimum absolute atomic E-state index is 0.00827. The molecule has 3 amide bonds. The Morgan fingerprint density at radius 1 is 1.38 bits per heavy atom. The molecule has 5 nitrogen and oxygen atoms in total. The quantitative estimate of drug-likeness (QED) is 0.896. The number of carbonyl (C=O) groups is 2. The van der Waals surface area contributed by atoms with Gasteiger partial charge >= 0.3 is 6.03 Å². The molecule has 0 bridgehead atoms. The van der Waals surface area contributed by atoms with Crippen LogP contribution in [0.5, 0.6) is 0 Å². The van der Waals surface area contributed by atoms with E-state index in [2.05, 4.69) is 10.6 Å². The van der Waals surface area contributed by atoms with Gasteiger partial charge in [0, 0.05) is 17.5 Å². The third-order valence-electron chi connectivity index (χ3n) is 4.05. The Labute approximate surface area is 128 Å². The van der Waals surface area contributed by atoms with E-state index in [1.54, 1.807) is 16.2 Å². The second-order valence-corrected chi connectivity index (χ2v) is 6.80. The molecule has 3 rings (SSSR count). The maximum atomic E-state index is 12.4. The van der Waals surface area contributed by atoms with Gasteiger partial charge in [0.15, 0.2) is 0 Å². The molecule has 1 saturated heterocycles. The summed E-state index contributed by atoms with van der Waals surface area (Å²) in [4.78, 5) is 27.4. The third-order valence-corrected chi connectivity index (χ3v) is 5.11. The first kappa shape index (κ1) is 14.4. The van der Waals surface area contributed by atoms with Crippen molar-refractivity contribution in [1.82, 2.24) is 15.5 Å². The lowest BCUT2D eigenvalue weighted by molar-refractivity contribution is -0.124. The molecule has 0 spiro atoms. The number of thiophene rings is 1. The molecule has 6 heteroatoms. The Hall–Kier alpha value is -1.56. The van der Waals surface area contributed by atoms with Gasteiger partial charge in [-0.1, -0.05) is 6.07 Å². The number of rotatable bonds is 4. The van der Waals surface area contributed by atoms with Crippen molar-refractivity contribution in [1.29, 1.82) is 0 Å². The Morgan fingerprint density at radius 2 is 2.19 bits per heavy atom. The molecule has 114 valence electrons. The van der Waals surface area contributed by atoms with Crippen LogP contribution >= 0.6 is 11.3 Å². The van der Waals surface area contributed by atoms with E-state index >= 15 is 0 Å². The Morgan fingerprint density at radius 3 is 2.86 bits per heavy atom. The van der Waals surface area contributed by atoms with Gasteiger partial charge in [-0.25, -0.2) is 4.79 Å². The van der Waals surface area contributed by atoms with Crippen LogP contribution in [0.2, 0.25) is 0 Å². The van der Waals surface area contributed by atoms with Gasteiger partial charge in [0.25, 0.3) is 0 Å². The molecule has 1 aliphatic carbocycles. The fourth-order valence-corrected chi connectivity index (χ4v) is 3.42. The maximum Gasteiger partial charge on any atom is 0.318 e. The zero-order chi connectivity index (χ0) is 14.8. The summed E-state index contributed by atoms with van der Waals surface area (Å²) in [6.07, 6.45) is 3.79. The highest BCUT2D eigenvalue weighted by molar-refractivity contribution is 7.10. The standard InChI is InChI=1S/C15H21N3O2S/c1-10(13-5-3-9-21-13)16-15(20)18-8-2-4-12(18)14(19)17-11-6-7-11/h3,5,9-12H,2,4,6-8H2,1H3,(H,16,20)(H,17,19). The number of hydrogen-bond acceptors (Lipinski definition) is 3. The van der Waals surface area contributed by atoms with Crippen molar-refractivity contribution < 1.29 is 9.59 Å².